The molecule has 0 saturated carbocycles. The van der Waals surface area contributed by atoms with Crippen molar-refractivity contribution in [1.82, 2.24) is 15.5 Å². The van der Waals surface area contributed by atoms with Crippen LogP contribution >= 0.6 is 0 Å². The zero-order valence-electron chi connectivity index (χ0n) is 11.0. The third kappa shape index (κ3) is 3.20. The fraction of sp³-hybridized carbons (Fsp3) is 0.385. The van der Waals surface area contributed by atoms with Gasteiger partial charge in [-0.15, -0.1) is 0 Å². The first-order valence-electron chi connectivity index (χ1n) is 6.13. The Morgan fingerprint density at radius 1 is 1.47 bits per heavy atom. The monoisotopic (exact) mass is 279 g/mol. The molecule has 0 spiro atoms. The lowest BCUT2D eigenvalue weighted by Crippen LogP contribution is -2.27. The number of fused-ring (bicyclic) bond motifs is 1. The molecule has 1 amide bonds. The molecule has 6 heteroatoms. The van der Waals surface area contributed by atoms with Crippen LogP contribution in [0.25, 0.3) is 10.9 Å². The molecule has 0 saturated heterocycles. The SMILES string of the molecule is CC(CCNC(=O)c1n[nH]c2ccccc12)S(C)=O. The Labute approximate surface area is 114 Å². The number of benzene rings is 1. The number of amides is 1. The second kappa shape index (κ2) is 5.97. The van der Waals surface area contributed by atoms with Gasteiger partial charge in [0, 0.05) is 34.2 Å². The fourth-order valence-electron chi connectivity index (χ4n) is 1.78. The van der Waals surface area contributed by atoms with Crippen LogP contribution in [-0.2, 0) is 10.8 Å². The summed E-state index contributed by atoms with van der Waals surface area (Å²) in [6.45, 7) is 2.41. The van der Waals surface area contributed by atoms with Crippen molar-refractivity contribution in [3.8, 4) is 0 Å². The van der Waals surface area contributed by atoms with Gasteiger partial charge in [-0.25, -0.2) is 0 Å². The topological polar surface area (TPSA) is 74.8 Å². The number of carbonyl (C=O) groups is 1. The third-order valence-electron chi connectivity index (χ3n) is 3.09. The Morgan fingerprint density at radius 2 is 2.21 bits per heavy atom. The van der Waals surface area contributed by atoms with Gasteiger partial charge in [-0.3, -0.25) is 14.1 Å². The summed E-state index contributed by atoms with van der Waals surface area (Å²) in [5.74, 6) is -0.202. The van der Waals surface area contributed by atoms with Crippen LogP contribution in [0, 0.1) is 0 Å². The maximum atomic E-state index is 12.0. The van der Waals surface area contributed by atoms with Gasteiger partial charge in [-0.1, -0.05) is 25.1 Å². The molecule has 2 aromatic rings. The van der Waals surface area contributed by atoms with E-state index in [9.17, 15) is 9.00 Å². The van der Waals surface area contributed by atoms with Crippen molar-refractivity contribution >= 4 is 27.6 Å². The highest BCUT2D eigenvalue weighted by atomic mass is 32.2. The summed E-state index contributed by atoms with van der Waals surface area (Å²) >= 11 is 0. The number of hydrogen-bond acceptors (Lipinski definition) is 3. The Bertz CT molecular complexity index is 609. The van der Waals surface area contributed by atoms with Crippen molar-refractivity contribution in [2.75, 3.05) is 12.8 Å². The second-order valence-electron chi connectivity index (χ2n) is 4.47. The average Bonchev–Trinajstić information content (AvgIpc) is 2.82. The quantitative estimate of drug-likeness (QED) is 0.870. The molecule has 1 heterocycles. The highest BCUT2D eigenvalue weighted by Gasteiger charge is 2.14. The average molecular weight is 279 g/mol. The highest BCUT2D eigenvalue weighted by Crippen LogP contribution is 2.14. The predicted octanol–water partition coefficient (Wildman–Crippen LogP) is 1.45. The van der Waals surface area contributed by atoms with Crippen LogP contribution in [0.5, 0.6) is 0 Å². The van der Waals surface area contributed by atoms with Crippen molar-refractivity contribution in [1.29, 1.82) is 0 Å². The third-order valence-corrected chi connectivity index (χ3v) is 4.46. The Kier molecular flexibility index (Phi) is 4.31. The van der Waals surface area contributed by atoms with Crippen molar-refractivity contribution in [3.63, 3.8) is 0 Å². The zero-order valence-corrected chi connectivity index (χ0v) is 11.8. The number of carbonyl (C=O) groups excluding carboxylic acids is 1. The summed E-state index contributed by atoms with van der Waals surface area (Å²) in [7, 11) is -0.857. The molecule has 0 aliphatic heterocycles. The van der Waals surface area contributed by atoms with Gasteiger partial charge in [0.25, 0.3) is 5.91 Å². The minimum Gasteiger partial charge on any atom is -0.351 e. The molecular formula is C13H17N3O2S. The molecule has 1 aromatic carbocycles. The van der Waals surface area contributed by atoms with Crippen LogP contribution in [0.15, 0.2) is 24.3 Å². The summed E-state index contributed by atoms with van der Waals surface area (Å²) in [6, 6.07) is 7.50. The molecule has 0 fully saturated rings. The normalized spacial score (nSPS) is 14.2. The van der Waals surface area contributed by atoms with Gasteiger partial charge in [-0.2, -0.15) is 5.10 Å². The maximum Gasteiger partial charge on any atom is 0.272 e. The number of aromatic amines is 1. The second-order valence-corrected chi connectivity index (χ2v) is 6.27. The van der Waals surface area contributed by atoms with E-state index in [1.165, 1.54) is 0 Å². The lowest BCUT2D eigenvalue weighted by atomic mass is 10.2. The molecular weight excluding hydrogens is 262 g/mol. The van der Waals surface area contributed by atoms with E-state index in [4.69, 9.17) is 0 Å². The van der Waals surface area contributed by atoms with Crippen molar-refractivity contribution in [2.24, 2.45) is 0 Å². The van der Waals surface area contributed by atoms with E-state index in [1.54, 1.807) is 6.26 Å². The van der Waals surface area contributed by atoms with Crippen molar-refractivity contribution < 1.29 is 9.00 Å². The van der Waals surface area contributed by atoms with Gasteiger partial charge in [-0.05, 0) is 12.5 Å². The summed E-state index contributed by atoms with van der Waals surface area (Å²) in [4.78, 5) is 12.0. The maximum absolute atomic E-state index is 12.0. The van der Waals surface area contributed by atoms with Crippen LogP contribution in [0.2, 0.25) is 0 Å². The molecule has 0 aliphatic carbocycles. The first kappa shape index (κ1) is 13.7. The molecule has 0 radical (unpaired) electrons. The smallest absolute Gasteiger partial charge is 0.272 e. The lowest BCUT2D eigenvalue weighted by Gasteiger charge is -2.08. The fourth-order valence-corrected chi connectivity index (χ4v) is 2.22. The molecule has 2 rings (SSSR count). The Balaban J connectivity index is 1.99. The van der Waals surface area contributed by atoms with E-state index < -0.39 is 10.8 Å². The number of H-pyrrole nitrogens is 1. The van der Waals surface area contributed by atoms with E-state index in [0.717, 1.165) is 10.9 Å². The highest BCUT2D eigenvalue weighted by molar-refractivity contribution is 7.84. The van der Waals surface area contributed by atoms with Crippen LogP contribution < -0.4 is 5.32 Å². The zero-order chi connectivity index (χ0) is 13.8. The summed E-state index contributed by atoms with van der Waals surface area (Å²) < 4.78 is 11.2. The molecule has 0 bridgehead atoms. The first-order valence-corrected chi connectivity index (χ1v) is 7.75. The minimum atomic E-state index is -0.857. The minimum absolute atomic E-state index is 0.0798. The lowest BCUT2D eigenvalue weighted by molar-refractivity contribution is 0.0950. The Hall–Kier alpha value is -1.69. The van der Waals surface area contributed by atoms with E-state index in [-0.39, 0.29) is 11.2 Å². The van der Waals surface area contributed by atoms with Crippen LogP contribution in [0.4, 0.5) is 0 Å². The van der Waals surface area contributed by atoms with Gasteiger partial charge in [0.1, 0.15) is 0 Å². The molecule has 102 valence electrons. The molecule has 2 N–H and O–H groups in total. The summed E-state index contributed by atoms with van der Waals surface area (Å²) in [5, 5.41) is 10.6. The van der Waals surface area contributed by atoms with Crippen molar-refractivity contribution in [2.45, 2.75) is 18.6 Å². The van der Waals surface area contributed by atoms with E-state index >= 15 is 0 Å². The van der Waals surface area contributed by atoms with E-state index in [1.807, 2.05) is 31.2 Å². The number of nitrogens with one attached hydrogen (secondary N) is 2. The van der Waals surface area contributed by atoms with Gasteiger partial charge in [0.05, 0.1) is 5.52 Å². The number of para-hydroxylation sites is 1. The van der Waals surface area contributed by atoms with Crippen LogP contribution in [-0.4, -0.2) is 38.4 Å². The van der Waals surface area contributed by atoms with Crippen molar-refractivity contribution in [3.05, 3.63) is 30.0 Å². The predicted molar refractivity (Wildman–Crippen MR) is 76.6 cm³/mol. The molecule has 19 heavy (non-hydrogen) atoms. The van der Waals surface area contributed by atoms with E-state index in [0.29, 0.717) is 18.7 Å². The molecule has 2 atom stereocenters. The van der Waals surface area contributed by atoms with Gasteiger partial charge >= 0.3 is 0 Å². The number of aromatic nitrogens is 2. The van der Waals surface area contributed by atoms with Gasteiger partial charge < -0.3 is 5.32 Å². The van der Waals surface area contributed by atoms with Crippen LogP contribution in [0.1, 0.15) is 23.8 Å². The van der Waals surface area contributed by atoms with E-state index in [2.05, 4.69) is 15.5 Å². The number of rotatable bonds is 5. The van der Waals surface area contributed by atoms with Gasteiger partial charge in [0.2, 0.25) is 0 Å². The Morgan fingerprint density at radius 3 is 2.95 bits per heavy atom. The molecule has 5 nitrogen and oxygen atoms in total. The molecule has 2 unspecified atom stereocenters. The first-order chi connectivity index (χ1) is 9.09. The largest absolute Gasteiger partial charge is 0.351 e. The molecule has 1 aromatic heterocycles. The number of nitrogens with zero attached hydrogens (tertiary/aromatic N) is 1. The van der Waals surface area contributed by atoms with Crippen LogP contribution in [0.3, 0.4) is 0 Å². The summed E-state index contributed by atoms with van der Waals surface area (Å²) in [6.07, 6.45) is 2.37. The standard InChI is InChI=1S/C13H17N3O2S/c1-9(19(2)18)7-8-14-13(17)12-10-5-3-4-6-11(10)15-16-12/h3-6,9H,7-8H2,1-2H3,(H,14,17)(H,15,16). The van der Waals surface area contributed by atoms with Gasteiger partial charge in [0.15, 0.2) is 5.69 Å². The summed E-state index contributed by atoms with van der Waals surface area (Å²) in [5.41, 5.74) is 1.25. The molecule has 0 aliphatic rings. The number of hydrogen-bond donors (Lipinski definition) is 2.